The smallest absolute Gasteiger partial charge is 0.238 e. The minimum atomic E-state index is -0.277. The van der Waals surface area contributed by atoms with Crippen molar-refractivity contribution in [2.24, 2.45) is 5.73 Å². The highest BCUT2D eigenvalue weighted by Gasteiger charge is 2.08. The van der Waals surface area contributed by atoms with E-state index in [0.29, 0.717) is 18.0 Å². The van der Waals surface area contributed by atoms with Crippen LogP contribution in [0.15, 0.2) is 42.5 Å². The monoisotopic (exact) mass is 341 g/mol. The number of nitrogens with one attached hydrogen (secondary N) is 2. The fourth-order valence-electron chi connectivity index (χ4n) is 2.30. The fourth-order valence-corrected chi connectivity index (χ4v) is 2.30. The van der Waals surface area contributed by atoms with Crippen LogP contribution in [0.3, 0.4) is 0 Å². The molecule has 0 fully saturated rings. The van der Waals surface area contributed by atoms with Crippen LogP contribution in [0.25, 0.3) is 0 Å². The van der Waals surface area contributed by atoms with Crippen LogP contribution in [0, 0.1) is 6.92 Å². The Bertz CT molecular complexity index is 742. The third kappa shape index (κ3) is 5.61. The van der Waals surface area contributed by atoms with Crippen molar-refractivity contribution < 1.29 is 14.3 Å². The first-order valence-corrected chi connectivity index (χ1v) is 8.14. The number of benzene rings is 2. The number of hydrogen-bond acceptors (Lipinski definition) is 4. The van der Waals surface area contributed by atoms with Gasteiger partial charge in [0, 0.05) is 11.4 Å². The van der Waals surface area contributed by atoms with Crippen LogP contribution >= 0.6 is 0 Å². The zero-order chi connectivity index (χ0) is 18.2. The lowest BCUT2D eigenvalue weighted by Crippen LogP contribution is -2.22. The first kappa shape index (κ1) is 18.5. The molecule has 0 aromatic heterocycles. The van der Waals surface area contributed by atoms with Crippen molar-refractivity contribution in [3.63, 3.8) is 0 Å². The van der Waals surface area contributed by atoms with Gasteiger partial charge in [-0.05, 0) is 49.2 Å². The van der Waals surface area contributed by atoms with Crippen LogP contribution in [0.2, 0.25) is 0 Å². The quantitative estimate of drug-likeness (QED) is 0.721. The molecule has 0 saturated carbocycles. The van der Waals surface area contributed by atoms with E-state index in [4.69, 9.17) is 10.5 Å². The van der Waals surface area contributed by atoms with Crippen molar-refractivity contribution in [1.29, 1.82) is 0 Å². The predicted octanol–water partition coefficient (Wildman–Crippen LogP) is 2.47. The second-order valence-electron chi connectivity index (χ2n) is 5.58. The lowest BCUT2D eigenvalue weighted by Gasteiger charge is -2.11. The number of nitrogens with two attached hydrogens (primary N) is 1. The molecular weight excluding hydrogens is 318 g/mol. The SMILES string of the molecule is CCOc1ccc(CC(=O)Nc2ccc(C)c(NC(=O)CN)c2)cc1. The summed E-state index contributed by atoms with van der Waals surface area (Å²) in [5.41, 5.74) is 8.35. The number of carbonyl (C=O) groups is 2. The van der Waals surface area contributed by atoms with Gasteiger partial charge in [0.05, 0.1) is 19.6 Å². The number of aryl methyl sites for hydroxylation is 1. The van der Waals surface area contributed by atoms with Crippen LogP contribution in [0.1, 0.15) is 18.1 Å². The van der Waals surface area contributed by atoms with E-state index in [1.807, 2.05) is 44.2 Å². The Morgan fingerprint density at radius 2 is 1.76 bits per heavy atom. The topological polar surface area (TPSA) is 93.5 Å². The first-order valence-electron chi connectivity index (χ1n) is 8.14. The van der Waals surface area contributed by atoms with Gasteiger partial charge in [-0.25, -0.2) is 0 Å². The molecule has 4 N–H and O–H groups in total. The van der Waals surface area contributed by atoms with Crippen molar-refractivity contribution in [2.75, 3.05) is 23.8 Å². The Kier molecular flexibility index (Phi) is 6.54. The molecule has 0 aliphatic heterocycles. The number of amides is 2. The highest BCUT2D eigenvalue weighted by atomic mass is 16.5. The molecule has 6 heteroatoms. The summed E-state index contributed by atoms with van der Waals surface area (Å²) in [6, 6.07) is 12.8. The molecule has 0 atom stereocenters. The van der Waals surface area contributed by atoms with E-state index in [9.17, 15) is 9.59 Å². The number of carbonyl (C=O) groups excluding carboxylic acids is 2. The maximum Gasteiger partial charge on any atom is 0.238 e. The third-order valence-electron chi connectivity index (χ3n) is 3.58. The second kappa shape index (κ2) is 8.84. The molecule has 0 bridgehead atoms. The molecule has 0 aliphatic carbocycles. The van der Waals surface area contributed by atoms with Crippen LogP contribution in [0.5, 0.6) is 5.75 Å². The van der Waals surface area contributed by atoms with Crippen molar-refractivity contribution in [1.82, 2.24) is 0 Å². The molecule has 2 aromatic carbocycles. The van der Waals surface area contributed by atoms with Gasteiger partial charge in [-0.2, -0.15) is 0 Å². The molecular formula is C19H23N3O3. The summed E-state index contributed by atoms with van der Waals surface area (Å²) >= 11 is 0. The number of ether oxygens (including phenoxy) is 1. The molecule has 0 heterocycles. The van der Waals surface area contributed by atoms with Crippen LogP contribution in [0.4, 0.5) is 11.4 Å². The zero-order valence-corrected chi connectivity index (χ0v) is 14.5. The minimum Gasteiger partial charge on any atom is -0.494 e. The average molecular weight is 341 g/mol. The van der Waals surface area contributed by atoms with Gasteiger partial charge in [-0.15, -0.1) is 0 Å². The zero-order valence-electron chi connectivity index (χ0n) is 14.5. The van der Waals surface area contributed by atoms with Crippen LogP contribution in [-0.4, -0.2) is 25.0 Å². The lowest BCUT2D eigenvalue weighted by molar-refractivity contribution is -0.116. The highest BCUT2D eigenvalue weighted by Crippen LogP contribution is 2.20. The standard InChI is InChI=1S/C19H23N3O3/c1-3-25-16-8-5-14(6-9-16)10-18(23)21-15-7-4-13(2)17(11-15)22-19(24)12-20/h4-9,11H,3,10,12,20H2,1-2H3,(H,21,23)(H,22,24). The lowest BCUT2D eigenvalue weighted by atomic mass is 10.1. The molecule has 0 unspecified atom stereocenters. The van der Waals surface area contributed by atoms with Crippen molar-refractivity contribution >= 4 is 23.2 Å². The summed E-state index contributed by atoms with van der Waals surface area (Å²) in [4.78, 5) is 23.7. The van der Waals surface area contributed by atoms with Gasteiger partial charge in [0.2, 0.25) is 11.8 Å². The Balaban J connectivity index is 2.00. The summed E-state index contributed by atoms with van der Waals surface area (Å²) in [6.45, 7) is 4.31. The van der Waals surface area contributed by atoms with E-state index in [2.05, 4.69) is 10.6 Å². The van der Waals surface area contributed by atoms with Crippen molar-refractivity contribution in [3.8, 4) is 5.75 Å². The van der Waals surface area contributed by atoms with Crippen molar-refractivity contribution in [3.05, 3.63) is 53.6 Å². The number of hydrogen-bond donors (Lipinski definition) is 3. The maximum atomic E-state index is 12.2. The van der Waals surface area contributed by atoms with E-state index in [1.54, 1.807) is 12.1 Å². The van der Waals surface area contributed by atoms with E-state index in [0.717, 1.165) is 16.9 Å². The average Bonchev–Trinajstić information content (AvgIpc) is 2.59. The van der Waals surface area contributed by atoms with E-state index < -0.39 is 0 Å². The van der Waals surface area contributed by atoms with Gasteiger partial charge in [0.15, 0.2) is 0 Å². The van der Waals surface area contributed by atoms with E-state index in [1.165, 1.54) is 0 Å². The first-order chi connectivity index (χ1) is 12.0. The van der Waals surface area contributed by atoms with Gasteiger partial charge < -0.3 is 21.1 Å². The Labute approximate surface area is 147 Å². The Morgan fingerprint density at radius 1 is 1.04 bits per heavy atom. The molecule has 2 amide bonds. The highest BCUT2D eigenvalue weighted by molar-refractivity contribution is 5.96. The molecule has 2 aromatic rings. The van der Waals surface area contributed by atoms with Gasteiger partial charge in [-0.1, -0.05) is 18.2 Å². The molecule has 0 radical (unpaired) electrons. The van der Waals surface area contributed by atoms with Crippen LogP contribution in [-0.2, 0) is 16.0 Å². The van der Waals surface area contributed by atoms with Crippen molar-refractivity contribution in [2.45, 2.75) is 20.3 Å². The van der Waals surface area contributed by atoms with Gasteiger partial charge in [0.25, 0.3) is 0 Å². The molecule has 6 nitrogen and oxygen atoms in total. The maximum absolute atomic E-state index is 12.2. The second-order valence-corrected chi connectivity index (χ2v) is 5.58. The van der Waals surface area contributed by atoms with Gasteiger partial charge >= 0.3 is 0 Å². The molecule has 25 heavy (non-hydrogen) atoms. The Hall–Kier alpha value is -2.86. The van der Waals surface area contributed by atoms with E-state index >= 15 is 0 Å². The minimum absolute atomic E-state index is 0.0895. The molecule has 0 aliphatic rings. The third-order valence-corrected chi connectivity index (χ3v) is 3.58. The molecule has 0 saturated heterocycles. The normalized spacial score (nSPS) is 10.2. The predicted molar refractivity (Wildman–Crippen MR) is 98.8 cm³/mol. The van der Waals surface area contributed by atoms with E-state index in [-0.39, 0.29) is 24.8 Å². The summed E-state index contributed by atoms with van der Waals surface area (Å²) in [6.07, 6.45) is 0.255. The summed E-state index contributed by atoms with van der Waals surface area (Å²) in [5, 5.41) is 5.55. The van der Waals surface area contributed by atoms with Gasteiger partial charge in [-0.3, -0.25) is 9.59 Å². The summed E-state index contributed by atoms with van der Waals surface area (Å²) < 4.78 is 5.38. The number of anilines is 2. The van der Waals surface area contributed by atoms with Crippen LogP contribution < -0.4 is 21.1 Å². The molecule has 2 rings (SSSR count). The molecule has 132 valence electrons. The number of rotatable bonds is 7. The molecule has 0 spiro atoms. The summed E-state index contributed by atoms with van der Waals surface area (Å²) in [7, 11) is 0. The largest absolute Gasteiger partial charge is 0.494 e. The Morgan fingerprint density at radius 3 is 2.40 bits per heavy atom. The van der Waals surface area contributed by atoms with Gasteiger partial charge in [0.1, 0.15) is 5.75 Å². The fraction of sp³-hybridized carbons (Fsp3) is 0.263. The summed E-state index contributed by atoms with van der Waals surface area (Å²) in [5.74, 6) is 0.371.